The van der Waals surface area contributed by atoms with Gasteiger partial charge in [0.05, 0.1) is 10.6 Å². The number of nitrogens with zero attached hydrogens (tertiary/aromatic N) is 1. The fraction of sp³-hybridized carbons (Fsp3) is 0.174. The van der Waals surface area contributed by atoms with Gasteiger partial charge in [-0.15, -0.1) is 0 Å². The lowest BCUT2D eigenvalue weighted by atomic mass is 10.1. The summed E-state index contributed by atoms with van der Waals surface area (Å²) in [6.07, 6.45) is 0. The second-order valence-corrected chi connectivity index (χ2v) is 9.81. The molecule has 0 unspecified atom stereocenters. The number of sulfonamides is 1. The lowest BCUT2D eigenvalue weighted by molar-refractivity contribution is -0.119. The molecule has 0 spiro atoms. The second kappa shape index (κ2) is 9.73. The maximum Gasteiger partial charge on any atom is 0.264 e. The van der Waals surface area contributed by atoms with Crippen molar-refractivity contribution in [2.75, 3.05) is 10.8 Å². The van der Waals surface area contributed by atoms with Gasteiger partial charge in [0.2, 0.25) is 5.91 Å². The molecule has 3 rings (SSSR count). The highest BCUT2D eigenvalue weighted by atomic mass is 35.5. The van der Waals surface area contributed by atoms with Gasteiger partial charge >= 0.3 is 0 Å². The van der Waals surface area contributed by atoms with E-state index in [2.05, 4.69) is 5.32 Å². The first-order valence-electron chi connectivity index (χ1n) is 9.54. The zero-order valence-electron chi connectivity index (χ0n) is 17.1. The van der Waals surface area contributed by atoms with Crippen LogP contribution in [0.25, 0.3) is 0 Å². The van der Waals surface area contributed by atoms with Crippen LogP contribution in [0.3, 0.4) is 0 Å². The molecule has 0 bridgehead atoms. The minimum Gasteiger partial charge on any atom is -0.350 e. The van der Waals surface area contributed by atoms with E-state index in [0.29, 0.717) is 21.3 Å². The van der Waals surface area contributed by atoms with Crippen LogP contribution in [0, 0.1) is 13.8 Å². The Kier molecular flexibility index (Phi) is 7.26. The standard InChI is InChI=1S/C23H22Cl2N2O3S/c1-16-8-11-20(12-17(16)2)27(31(29,30)21-6-4-3-5-7-21)15-23(28)26-14-18-9-10-19(24)13-22(18)25/h3-13H,14-15H2,1-2H3,(H,26,28). The predicted octanol–water partition coefficient (Wildman–Crippen LogP) is 5.12. The van der Waals surface area contributed by atoms with Crippen LogP contribution >= 0.6 is 23.2 Å². The Bertz CT molecular complexity index is 1200. The number of hydrogen-bond acceptors (Lipinski definition) is 3. The molecule has 0 aliphatic rings. The molecule has 162 valence electrons. The zero-order chi connectivity index (χ0) is 22.6. The van der Waals surface area contributed by atoms with Gasteiger partial charge in [-0.25, -0.2) is 8.42 Å². The van der Waals surface area contributed by atoms with Gasteiger partial charge in [-0.1, -0.05) is 53.5 Å². The number of nitrogens with one attached hydrogen (secondary N) is 1. The quantitative estimate of drug-likeness (QED) is 0.514. The van der Waals surface area contributed by atoms with Gasteiger partial charge in [0.25, 0.3) is 10.0 Å². The number of amides is 1. The van der Waals surface area contributed by atoms with Gasteiger partial charge < -0.3 is 5.32 Å². The number of hydrogen-bond donors (Lipinski definition) is 1. The fourth-order valence-corrected chi connectivity index (χ4v) is 4.87. The van der Waals surface area contributed by atoms with Crippen LogP contribution in [0.2, 0.25) is 10.0 Å². The third-order valence-electron chi connectivity index (χ3n) is 4.89. The first-order valence-corrected chi connectivity index (χ1v) is 11.7. The van der Waals surface area contributed by atoms with Crippen molar-refractivity contribution in [3.05, 3.63) is 93.5 Å². The molecule has 0 radical (unpaired) electrons. The average Bonchev–Trinajstić information content (AvgIpc) is 2.74. The molecular weight excluding hydrogens is 455 g/mol. The Balaban J connectivity index is 1.87. The Hall–Kier alpha value is -2.54. The smallest absolute Gasteiger partial charge is 0.264 e. The number of rotatable bonds is 7. The maximum absolute atomic E-state index is 13.3. The third-order valence-corrected chi connectivity index (χ3v) is 7.26. The number of carbonyl (C=O) groups excluding carboxylic acids is 1. The summed E-state index contributed by atoms with van der Waals surface area (Å²) in [5.74, 6) is -0.455. The molecule has 1 amide bonds. The highest BCUT2D eigenvalue weighted by Crippen LogP contribution is 2.26. The Morgan fingerprint density at radius 1 is 0.935 bits per heavy atom. The van der Waals surface area contributed by atoms with Crippen molar-refractivity contribution < 1.29 is 13.2 Å². The molecule has 3 aromatic carbocycles. The van der Waals surface area contributed by atoms with Crippen molar-refractivity contribution in [1.82, 2.24) is 5.32 Å². The summed E-state index contributed by atoms with van der Waals surface area (Å²) in [4.78, 5) is 12.8. The van der Waals surface area contributed by atoms with Crippen LogP contribution in [-0.2, 0) is 21.4 Å². The summed E-state index contributed by atoms with van der Waals surface area (Å²) in [6, 6.07) is 18.3. The summed E-state index contributed by atoms with van der Waals surface area (Å²) >= 11 is 12.1. The van der Waals surface area contributed by atoms with Gasteiger partial charge in [0.1, 0.15) is 6.54 Å². The van der Waals surface area contributed by atoms with E-state index >= 15 is 0 Å². The van der Waals surface area contributed by atoms with Gasteiger partial charge in [-0.3, -0.25) is 9.10 Å². The molecule has 0 aliphatic carbocycles. The van der Waals surface area contributed by atoms with Gasteiger partial charge in [-0.05, 0) is 66.9 Å². The van der Waals surface area contributed by atoms with Crippen LogP contribution in [0.4, 0.5) is 5.69 Å². The Labute approximate surface area is 192 Å². The minimum absolute atomic E-state index is 0.113. The van der Waals surface area contributed by atoms with Crippen molar-refractivity contribution in [3.8, 4) is 0 Å². The van der Waals surface area contributed by atoms with E-state index in [9.17, 15) is 13.2 Å². The average molecular weight is 477 g/mol. The molecule has 8 heteroatoms. The van der Waals surface area contributed by atoms with Crippen molar-refractivity contribution in [1.29, 1.82) is 0 Å². The van der Waals surface area contributed by atoms with Crippen molar-refractivity contribution in [2.24, 2.45) is 0 Å². The normalized spacial score (nSPS) is 11.2. The van der Waals surface area contributed by atoms with Crippen molar-refractivity contribution in [3.63, 3.8) is 0 Å². The number of anilines is 1. The van der Waals surface area contributed by atoms with E-state index in [1.807, 2.05) is 19.9 Å². The molecule has 3 aromatic rings. The van der Waals surface area contributed by atoms with E-state index in [-0.39, 0.29) is 18.0 Å². The van der Waals surface area contributed by atoms with Gasteiger partial charge in [0, 0.05) is 16.6 Å². The highest BCUT2D eigenvalue weighted by Gasteiger charge is 2.27. The molecule has 0 saturated heterocycles. The largest absolute Gasteiger partial charge is 0.350 e. The second-order valence-electron chi connectivity index (χ2n) is 7.11. The molecule has 1 N–H and O–H groups in total. The first kappa shape index (κ1) is 23.1. The van der Waals surface area contributed by atoms with Crippen LogP contribution in [0.5, 0.6) is 0 Å². The van der Waals surface area contributed by atoms with Crippen LogP contribution in [0.15, 0.2) is 71.6 Å². The Morgan fingerprint density at radius 2 is 1.65 bits per heavy atom. The van der Waals surface area contributed by atoms with Crippen LogP contribution in [-0.4, -0.2) is 20.9 Å². The molecule has 0 aliphatic heterocycles. The van der Waals surface area contributed by atoms with Crippen LogP contribution in [0.1, 0.15) is 16.7 Å². The zero-order valence-corrected chi connectivity index (χ0v) is 19.4. The number of aryl methyl sites for hydroxylation is 2. The molecule has 0 heterocycles. The topological polar surface area (TPSA) is 66.5 Å². The monoisotopic (exact) mass is 476 g/mol. The van der Waals surface area contributed by atoms with E-state index in [1.165, 1.54) is 12.1 Å². The number of benzene rings is 3. The number of halogens is 2. The highest BCUT2D eigenvalue weighted by molar-refractivity contribution is 7.92. The number of carbonyl (C=O) groups is 1. The molecule has 0 atom stereocenters. The van der Waals surface area contributed by atoms with E-state index < -0.39 is 15.9 Å². The summed E-state index contributed by atoms with van der Waals surface area (Å²) in [6.45, 7) is 3.62. The fourth-order valence-electron chi connectivity index (χ4n) is 2.96. The van der Waals surface area contributed by atoms with E-state index in [4.69, 9.17) is 23.2 Å². The van der Waals surface area contributed by atoms with E-state index in [1.54, 1.807) is 48.5 Å². The third kappa shape index (κ3) is 5.58. The van der Waals surface area contributed by atoms with Crippen LogP contribution < -0.4 is 9.62 Å². The summed E-state index contributed by atoms with van der Waals surface area (Å²) < 4.78 is 27.8. The molecule has 0 aromatic heterocycles. The first-order chi connectivity index (χ1) is 14.7. The summed E-state index contributed by atoms with van der Waals surface area (Å²) in [7, 11) is -3.95. The van der Waals surface area contributed by atoms with Gasteiger partial charge in [-0.2, -0.15) is 0 Å². The lowest BCUT2D eigenvalue weighted by Gasteiger charge is -2.25. The SMILES string of the molecule is Cc1ccc(N(CC(=O)NCc2ccc(Cl)cc2Cl)S(=O)(=O)c2ccccc2)cc1C. The maximum atomic E-state index is 13.3. The van der Waals surface area contributed by atoms with Crippen molar-refractivity contribution >= 4 is 44.8 Å². The predicted molar refractivity (Wildman–Crippen MR) is 125 cm³/mol. The molecule has 31 heavy (non-hydrogen) atoms. The van der Waals surface area contributed by atoms with E-state index in [0.717, 1.165) is 15.4 Å². The molecule has 5 nitrogen and oxygen atoms in total. The molecule has 0 saturated carbocycles. The van der Waals surface area contributed by atoms with Crippen molar-refractivity contribution in [2.45, 2.75) is 25.3 Å². The minimum atomic E-state index is -3.95. The molecular formula is C23H22Cl2N2O3S. The Morgan fingerprint density at radius 3 is 2.29 bits per heavy atom. The molecule has 0 fully saturated rings. The lowest BCUT2D eigenvalue weighted by Crippen LogP contribution is -2.40. The summed E-state index contributed by atoms with van der Waals surface area (Å²) in [5, 5.41) is 3.66. The summed E-state index contributed by atoms with van der Waals surface area (Å²) in [5.41, 5.74) is 3.07. The van der Waals surface area contributed by atoms with Gasteiger partial charge in [0.15, 0.2) is 0 Å².